The van der Waals surface area contributed by atoms with E-state index in [1.807, 2.05) is 30.3 Å². The van der Waals surface area contributed by atoms with E-state index < -0.39 is 5.92 Å². The van der Waals surface area contributed by atoms with Crippen molar-refractivity contribution in [1.82, 2.24) is 9.97 Å². The predicted molar refractivity (Wildman–Crippen MR) is 115 cm³/mol. The molecule has 0 saturated carbocycles. The molecule has 1 unspecified atom stereocenters. The predicted octanol–water partition coefficient (Wildman–Crippen LogP) is 3.06. The molecule has 8 heteroatoms. The largest absolute Gasteiger partial charge is 0.497 e. The van der Waals surface area contributed by atoms with Gasteiger partial charge in [0.1, 0.15) is 12.4 Å². The Balaban J connectivity index is 1.42. The van der Waals surface area contributed by atoms with Crippen molar-refractivity contribution in [3.05, 3.63) is 72.7 Å². The minimum atomic E-state index is -0.492. The van der Waals surface area contributed by atoms with Gasteiger partial charge in [-0.05, 0) is 42.0 Å². The molecule has 0 bridgehead atoms. The van der Waals surface area contributed by atoms with Gasteiger partial charge in [0.25, 0.3) is 0 Å². The lowest BCUT2D eigenvalue weighted by Crippen LogP contribution is -2.28. The van der Waals surface area contributed by atoms with Crippen LogP contribution >= 0.6 is 0 Å². The number of rotatable bonds is 7. The van der Waals surface area contributed by atoms with Crippen LogP contribution in [0.1, 0.15) is 12.0 Å². The number of hydrogen-bond acceptors (Lipinski definition) is 6. The van der Waals surface area contributed by atoms with Crippen LogP contribution in [0.15, 0.2) is 67.1 Å². The zero-order chi connectivity index (χ0) is 21.6. The van der Waals surface area contributed by atoms with Gasteiger partial charge >= 0.3 is 0 Å². The molecule has 2 amide bonds. The maximum atomic E-state index is 12.9. The van der Waals surface area contributed by atoms with E-state index in [1.165, 1.54) is 0 Å². The summed E-state index contributed by atoms with van der Waals surface area (Å²) in [6.45, 7) is 0.612. The van der Waals surface area contributed by atoms with E-state index in [4.69, 9.17) is 9.47 Å². The molecular weight excluding hydrogens is 396 g/mol. The number of carbonyl (C=O) groups excluding carboxylic acids is 2. The van der Waals surface area contributed by atoms with Crippen LogP contribution in [-0.2, 0) is 16.2 Å². The normalized spacial score (nSPS) is 15.6. The Morgan fingerprint density at radius 1 is 1.16 bits per heavy atom. The second-order valence-electron chi connectivity index (χ2n) is 7.09. The van der Waals surface area contributed by atoms with Crippen LogP contribution in [0.5, 0.6) is 11.5 Å². The second kappa shape index (κ2) is 9.25. The number of nitrogens with zero attached hydrogens (tertiary/aromatic N) is 3. The fourth-order valence-electron chi connectivity index (χ4n) is 3.37. The number of nitrogens with one attached hydrogen (secondary N) is 1. The molecule has 2 aromatic heterocycles. The molecule has 31 heavy (non-hydrogen) atoms. The molecule has 0 radical (unpaired) electrons. The Labute approximate surface area is 179 Å². The SMILES string of the molecule is COc1cccc(N2CC(C(=O)Nc3ncccc3OCc3ccncc3)CC2=O)c1. The minimum Gasteiger partial charge on any atom is -0.497 e. The number of carbonyl (C=O) groups is 2. The van der Waals surface area contributed by atoms with Crippen molar-refractivity contribution in [3.63, 3.8) is 0 Å². The van der Waals surface area contributed by atoms with Gasteiger partial charge in [0.15, 0.2) is 11.6 Å². The van der Waals surface area contributed by atoms with Gasteiger partial charge in [-0.1, -0.05) is 6.07 Å². The number of methoxy groups -OCH3 is 1. The summed E-state index contributed by atoms with van der Waals surface area (Å²) in [5.74, 6) is 0.571. The number of benzene rings is 1. The van der Waals surface area contributed by atoms with Crippen molar-refractivity contribution < 1.29 is 19.1 Å². The van der Waals surface area contributed by atoms with Crippen molar-refractivity contribution in [2.45, 2.75) is 13.0 Å². The van der Waals surface area contributed by atoms with Gasteiger partial charge < -0.3 is 19.7 Å². The van der Waals surface area contributed by atoms with Gasteiger partial charge in [0.05, 0.1) is 13.0 Å². The zero-order valence-corrected chi connectivity index (χ0v) is 17.0. The first kappa shape index (κ1) is 20.3. The highest BCUT2D eigenvalue weighted by molar-refractivity contribution is 6.03. The van der Waals surface area contributed by atoms with Crippen molar-refractivity contribution in [2.75, 3.05) is 23.9 Å². The van der Waals surface area contributed by atoms with E-state index in [0.29, 0.717) is 29.6 Å². The standard InChI is InChI=1S/C23H22N4O4/c1-30-19-5-2-4-18(13-19)27-14-17(12-21(27)28)23(29)26-22-20(6-3-9-25-22)31-15-16-7-10-24-11-8-16/h2-11,13,17H,12,14-15H2,1H3,(H,25,26,29). The lowest BCUT2D eigenvalue weighted by molar-refractivity contribution is -0.122. The fraction of sp³-hybridized carbons (Fsp3) is 0.217. The number of pyridine rings is 2. The number of hydrogen-bond donors (Lipinski definition) is 1. The Bertz CT molecular complexity index is 1070. The molecule has 4 rings (SSSR count). The van der Waals surface area contributed by atoms with Gasteiger partial charge in [-0.2, -0.15) is 0 Å². The van der Waals surface area contributed by atoms with Crippen LogP contribution < -0.4 is 19.7 Å². The Morgan fingerprint density at radius 3 is 2.81 bits per heavy atom. The first-order valence-electron chi connectivity index (χ1n) is 9.86. The molecule has 1 atom stereocenters. The molecule has 8 nitrogen and oxygen atoms in total. The molecule has 0 spiro atoms. The number of ether oxygens (including phenoxy) is 2. The van der Waals surface area contributed by atoms with E-state index in [0.717, 1.165) is 5.56 Å². The maximum Gasteiger partial charge on any atom is 0.231 e. The van der Waals surface area contributed by atoms with E-state index in [-0.39, 0.29) is 24.8 Å². The Kier molecular flexibility index (Phi) is 6.07. The number of aromatic nitrogens is 2. The highest BCUT2D eigenvalue weighted by Crippen LogP contribution is 2.29. The quantitative estimate of drug-likeness (QED) is 0.634. The maximum absolute atomic E-state index is 12.9. The van der Waals surface area contributed by atoms with Gasteiger partial charge in [0.2, 0.25) is 11.8 Å². The summed E-state index contributed by atoms with van der Waals surface area (Å²) in [5, 5.41) is 2.81. The van der Waals surface area contributed by atoms with E-state index in [2.05, 4.69) is 15.3 Å². The third kappa shape index (κ3) is 4.80. The first-order valence-corrected chi connectivity index (χ1v) is 9.86. The summed E-state index contributed by atoms with van der Waals surface area (Å²) in [6.07, 6.45) is 5.09. The second-order valence-corrected chi connectivity index (χ2v) is 7.09. The van der Waals surface area contributed by atoms with Gasteiger partial charge in [-0.3, -0.25) is 14.6 Å². The Morgan fingerprint density at radius 2 is 2.00 bits per heavy atom. The van der Waals surface area contributed by atoms with Crippen LogP contribution in [0.4, 0.5) is 11.5 Å². The summed E-state index contributed by atoms with van der Waals surface area (Å²) in [6, 6.07) is 14.4. The van der Waals surface area contributed by atoms with Crippen LogP contribution in [0.2, 0.25) is 0 Å². The van der Waals surface area contributed by atoms with Crippen molar-refractivity contribution >= 4 is 23.3 Å². The van der Waals surface area contributed by atoms with E-state index in [1.54, 1.807) is 48.8 Å². The van der Waals surface area contributed by atoms with Crippen LogP contribution in [0, 0.1) is 5.92 Å². The molecule has 1 saturated heterocycles. The van der Waals surface area contributed by atoms with Crippen molar-refractivity contribution in [3.8, 4) is 11.5 Å². The lowest BCUT2D eigenvalue weighted by atomic mass is 10.1. The van der Waals surface area contributed by atoms with Crippen LogP contribution in [0.3, 0.4) is 0 Å². The monoisotopic (exact) mass is 418 g/mol. The molecule has 1 N–H and O–H groups in total. The van der Waals surface area contributed by atoms with Gasteiger partial charge in [-0.25, -0.2) is 4.98 Å². The molecule has 3 aromatic rings. The van der Waals surface area contributed by atoms with E-state index in [9.17, 15) is 9.59 Å². The molecule has 1 fully saturated rings. The average molecular weight is 418 g/mol. The fourth-order valence-corrected chi connectivity index (χ4v) is 3.37. The third-order valence-corrected chi connectivity index (χ3v) is 5.02. The van der Waals surface area contributed by atoms with Gasteiger partial charge in [-0.15, -0.1) is 0 Å². The topological polar surface area (TPSA) is 93.7 Å². The highest BCUT2D eigenvalue weighted by atomic mass is 16.5. The van der Waals surface area contributed by atoms with Crippen molar-refractivity contribution in [2.24, 2.45) is 5.92 Å². The van der Waals surface area contributed by atoms with Gasteiger partial charge in [0, 0.05) is 43.3 Å². The molecular formula is C23H22N4O4. The minimum absolute atomic E-state index is 0.108. The summed E-state index contributed by atoms with van der Waals surface area (Å²) < 4.78 is 11.1. The van der Waals surface area contributed by atoms with Crippen molar-refractivity contribution in [1.29, 1.82) is 0 Å². The Hall–Kier alpha value is -3.94. The summed E-state index contributed by atoms with van der Waals surface area (Å²) in [7, 11) is 1.57. The summed E-state index contributed by atoms with van der Waals surface area (Å²) in [5.41, 5.74) is 1.66. The molecule has 1 aliphatic rings. The lowest BCUT2D eigenvalue weighted by Gasteiger charge is -2.17. The first-order chi connectivity index (χ1) is 15.1. The third-order valence-electron chi connectivity index (χ3n) is 5.02. The summed E-state index contributed by atoms with van der Waals surface area (Å²) >= 11 is 0. The number of amides is 2. The summed E-state index contributed by atoms with van der Waals surface area (Å²) in [4.78, 5) is 35.2. The zero-order valence-electron chi connectivity index (χ0n) is 17.0. The number of anilines is 2. The molecule has 1 aromatic carbocycles. The average Bonchev–Trinajstić information content (AvgIpc) is 3.21. The molecule has 1 aliphatic heterocycles. The molecule has 0 aliphatic carbocycles. The highest BCUT2D eigenvalue weighted by Gasteiger charge is 2.35. The van der Waals surface area contributed by atoms with E-state index >= 15 is 0 Å². The molecule has 158 valence electrons. The smallest absolute Gasteiger partial charge is 0.231 e. The van der Waals surface area contributed by atoms with Crippen LogP contribution in [0.25, 0.3) is 0 Å². The molecule has 3 heterocycles. The van der Waals surface area contributed by atoms with Crippen LogP contribution in [-0.4, -0.2) is 35.4 Å².